The van der Waals surface area contributed by atoms with E-state index in [0.717, 1.165) is 19.2 Å². The molecule has 0 aliphatic carbocycles. The monoisotopic (exact) mass is 535 g/mol. The van der Waals surface area contributed by atoms with Crippen LogP contribution in [0, 0.1) is 5.82 Å². The van der Waals surface area contributed by atoms with Gasteiger partial charge in [0.15, 0.2) is 0 Å². The molecule has 1 aliphatic heterocycles. The zero-order chi connectivity index (χ0) is 27.9. The lowest BCUT2D eigenvalue weighted by atomic mass is 9.74. The Morgan fingerprint density at radius 2 is 1.54 bits per heavy atom. The molecule has 0 spiro atoms. The molecule has 2 aromatic carbocycles. The number of rotatable bonds is 4. The van der Waals surface area contributed by atoms with Crippen molar-refractivity contribution in [3.8, 4) is 0 Å². The maximum atomic E-state index is 14.3. The van der Waals surface area contributed by atoms with Gasteiger partial charge in [-0.25, -0.2) is 9.18 Å². The third kappa shape index (κ3) is 5.99. The Hall–Kier alpha value is -3.31. The highest BCUT2D eigenvalue weighted by molar-refractivity contribution is 5.91. The van der Waals surface area contributed by atoms with Gasteiger partial charge in [0.05, 0.1) is 35.9 Å². The molecule has 2 aromatic rings. The fourth-order valence-corrected chi connectivity index (χ4v) is 4.55. The highest BCUT2D eigenvalue weighted by Gasteiger charge is 2.44. The molecule has 0 N–H and O–H groups in total. The molecular formula is C25H24F7NO4. The summed E-state index contributed by atoms with van der Waals surface area (Å²) in [6.45, 7) is 4.79. The van der Waals surface area contributed by atoms with Gasteiger partial charge in [-0.05, 0) is 74.7 Å². The Bertz CT molecular complexity index is 1140. The molecule has 0 radical (unpaired) electrons. The van der Waals surface area contributed by atoms with Gasteiger partial charge in [-0.3, -0.25) is 9.69 Å². The summed E-state index contributed by atoms with van der Waals surface area (Å²) in [6.07, 6.45) is -11.7. The van der Waals surface area contributed by atoms with Gasteiger partial charge in [0.2, 0.25) is 0 Å². The van der Waals surface area contributed by atoms with Crippen molar-refractivity contribution in [3.63, 3.8) is 0 Å². The van der Waals surface area contributed by atoms with Crippen molar-refractivity contribution in [3.05, 3.63) is 64.5 Å². The average Bonchev–Trinajstić information content (AvgIpc) is 2.77. The summed E-state index contributed by atoms with van der Waals surface area (Å²) in [5, 5.41) is 0. The van der Waals surface area contributed by atoms with Crippen molar-refractivity contribution in [2.45, 2.75) is 63.5 Å². The van der Waals surface area contributed by atoms with Crippen molar-refractivity contribution in [2.24, 2.45) is 0 Å². The third-order valence-electron chi connectivity index (χ3n) is 6.04. The van der Waals surface area contributed by atoms with E-state index < -0.39 is 70.9 Å². The van der Waals surface area contributed by atoms with Crippen LogP contribution < -0.4 is 4.90 Å². The molecule has 12 heteroatoms. The number of nitrogens with zero attached hydrogens (tertiary/aromatic N) is 1. The molecule has 0 saturated heterocycles. The van der Waals surface area contributed by atoms with Crippen LogP contribution in [0.1, 0.15) is 61.3 Å². The first kappa shape index (κ1) is 28.3. The molecule has 3 atom stereocenters. The number of hydrogen-bond acceptors (Lipinski definition) is 4. The van der Waals surface area contributed by atoms with E-state index in [-0.39, 0.29) is 23.7 Å². The number of anilines is 1. The van der Waals surface area contributed by atoms with Crippen LogP contribution in [0.25, 0.3) is 0 Å². The van der Waals surface area contributed by atoms with Crippen LogP contribution in [0.5, 0.6) is 0 Å². The molecule has 1 aliphatic rings. The van der Waals surface area contributed by atoms with Crippen LogP contribution in [0.15, 0.2) is 36.4 Å². The number of amides is 1. The molecule has 202 valence electrons. The molecule has 0 aromatic heterocycles. The van der Waals surface area contributed by atoms with Crippen LogP contribution in [0.2, 0.25) is 0 Å². The van der Waals surface area contributed by atoms with Crippen molar-refractivity contribution < 1.29 is 49.8 Å². The maximum Gasteiger partial charge on any atom is 0.416 e. The Kier molecular flexibility index (Phi) is 7.80. The summed E-state index contributed by atoms with van der Waals surface area (Å²) in [4.78, 5) is 26.9. The van der Waals surface area contributed by atoms with Crippen molar-refractivity contribution in [1.82, 2.24) is 0 Å². The topological polar surface area (TPSA) is 55.8 Å². The molecule has 5 nitrogen and oxygen atoms in total. The Morgan fingerprint density at radius 1 is 0.973 bits per heavy atom. The van der Waals surface area contributed by atoms with E-state index in [1.165, 1.54) is 11.0 Å². The normalized spacial score (nSPS) is 18.9. The lowest BCUT2D eigenvalue weighted by Gasteiger charge is -2.41. The fourth-order valence-electron chi connectivity index (χ4n) is 4.55. The number of halogens is 7. The highest BCUT2D eigenvalue weighted by atomic mass is 19.4. The van der Waals surface area contributed by atoms with Gasteiger partial charge < -0.3 is 9.47 Å². The first-order valence-corrected chi connectivity index (χ1v) is 11.2. The van der Waals surface area contributed by atoms with Crippen molar-refractivity contribution >= 4 is 17.7 Å². The van der Waals surface area contributed by atoms with Crippen molar-refractivity contribution in [2.75, 3.05) is 12.0 Å². The van der Waals surface area contributed by atoms with Crippen molar-refractivity contribution in [1.29, 1.82) is 0 Å². The summed E-state index contributed by atoms with van der Waals surface area (Å²) in [5.41, 5.74) is -3.64. The quantitative estimate of drug-likeness (QED) is 0.311. The summed E-state index contributed by atoms with van der Waals surface area (Å²) in [5.74, 6) is -4.68. The van der Waals surface area contributed by atoms with Gasteiger partial charge >= 0.3 is 24.4 Å². The lowest BCUT2D eigenvalue weighted by molar-refractivity contribution is -0.145. The molecule has 3 rings (SSSR count). The van der Waals surface area contributed by atoms with E-state index in [0.29, 0.717) is 12.1 Å². The molecule has 1 amide bonds. The maximum absolute atomic E-state index is 14.3. The number of methoxy groups -OCH3 is 1. The van der Waals surface area contributed by atoms with E-state index in [2.05, 4.69) is 0 Å². The molecule has 1 unspecified atom stereocenters. The van der Waals surface area contributed by atoms with E-state index in [1.807, 2.05) is 0 Å². The van der Waals surface area contributed by atoms with E-state index in [1.54, 1.807) is 20.8 Å². The number of hydrogen-bond donors (Lipinski definition) is 0. The largest absolute Gasteiger partial charge is 0.469 e. The van der Waals surface area contributed by atoms with Crippen LogP contribution in [-0.4, -0.2) is 31.3 Å². The van der Waals surface area contributed by atoms with Gasteiger partial charge in [-0.1, -0.05) is 0 Å². The lowest BCUT2D eigenvalue weighted by Crippen LogP contribution is -2.45. The van der Waals surface area contributed by atoms with Crippen LogP contribution in [0.4, 0.5) is 41.2 Å². The highest BCUT2D eigenvalue weighted by Crippen LogP contribution is 2.48. The number of carbonyl (C=O) groups excluding carboxylic acids is 2. The minimum Gasteiger partial charge on any atom is -0.469 e. The van der Waals surface area contributed by atoms with Gasteiger partial charge in [0, 0.05) is 12.0 Å². The Labute approximate surface area is 208 Å². The number of fused-ring (bicyclic) bond motifs is 1. The molecular weight excluding hydrogens is 511 g/mol. The molecule has 37 heavy (non-hydrogen) atoms. The van der Waals surface area contributed by atoms with E-state index >= 15 is 0 Å². The second-order valence-corrected chi connectivity index (χ2v) is 9.04. The van der Waals surface area contributed by atoms with Gasteiger partial charge in [-0.15, -0.1) is 0 Å². The summed E-state index contributed by atoms with van der Waals surface area (Å²) < 4.78 is 106. The second-order valence-electron chi connectivity index (χ2n) is 9.04. The number of carbonyl (C=O) groups is 2. The average molecular weight is 535 g/mol. The van der Waals surface area contributed by atoms with Crippen LogP contribution in [-0.2, 0) is 26.6 Å². The molecule has 0 bridgehead atoms. The first-order chi connectivity index (χ1) is 17.0. The summed E-state index contributed by atoms with van der Waals surface area (Å²) in [6, 6.07) is 3.45. The summed E-state index contributed by atoms with van der Waals surface area (Å²) >= 11 is 0. The smallest absolute Gasteiger partial charge is 0.416 e. The second kappa shape index (κ2) is 10.2. The Balaban J connectivity index is 2.25. The number of ether oxygens (including phenoxy) is 2. The zero-order valence-electron chi connectivity index (χ0n) is 20.2. The zero-order valence-corrected chi connectivity index (χ0v) is 20.2. The van der Waals surface area contributed by atoms with E-state index in [4.69, 9.17) is 9.47 Å². The van der Waals surface area contributed by atoms with Gasteiger partial charge in [-0.2, -0.15) is 26.3 Å². The van der Waals surface area contributed by atoms with Crippen LogP contribution in [0.3, 0.4) is 0 Å². The number of alkyl halides is 6. The minimum atomic E-state index is -5.14. The first-order valence-electron chi connectivity index (χ1n) is 11.2. The predicted molar refractivity (Wildman–Crippen MR) is 119 cm³/mol. The fraction of sp³-hybridized carbons (Fsp3) is 0.440. The SMILES string of the molecule is COC(=O)[C@@H](c1cc(C(F)(F)F)cc(C(F)(F)F)c1)C1C[C@H](C)N(C(=O)OC(C)C)c2ccc(F)cc21. The van der Waals surface area contributed by atoms with Gasteiger partial charge in [0.25, 0.3) is 0 Å². The van der Waals surface area contributed by atoms with E-state index in [9.17, 15) is 40.3 Å². The standard InChI is InChI=1S/C25H24F7NO4/c1-12(2)37-23(35)33-13(3)7-19(18-11-17(26)5-6-20(18)33)21(22(34)36-4)14-8-15(24(27,28)29)10-16(9-14)25(30,31)32/h5-6,8-13,19,21H,7H2,1-4H3/t13-,19?,21-/m0/s1. The molecule has 0 fully saturated rings. The van der Waals surface area contributed by atoms with Crippen LogP contribution >= 0.6 is 0 Å². The third-order valence-corrected chi connectivity index (χ3v) is 6.04. The number of esters is 1. The minimum absolute atomic E-state index is 0.0418. The summed E-state index contributed by atoms with van der Waals surface area (Å²) in [7, 11) is 0.943. The number of benzene rings is 2. The molecule has 1 heterocycles. The molecule has 0 saturated carbocycles. The van der Waals surface area contributed by atoms with Gasteiger partial charge in [0.1, 0.15) is 5.82 Å². The Morgan fingerprint density at radius 3 is 2.03 bits per heavy atom. The predicted octanol–water partition coefficient (Wildman–Crippen LogP) is 7.05.